The Morgan fingerprint density at radius 3 is 2.25 bits per heavy atom. The SMILES string of the molecule is C=Cc1ccc(NS(=O)(=O)c2ccc(F)cc2F)cc1. The van der Waals surface area contributed by atoms with Crippen molar-refractivity contribution in [3.8, 4) is 0 Å². The molecule has 0 heterocycles. The lowest BCUT2D eigenvalue weighted by Crippen LogP contribution is -2.14. The van der Waals surface area contributed by atoms with Gasteiger partial charge in [0, 0.05) is 11.8 Å². The van der Waals surface area contributed by atoms with Crippen LogP contribution in [0.5, 0.6) is 0 Å². The second-order valence-corrected chi connectivity index (χ2v) is 5.66. The third-order valence-electron chi connectivity index (χ3n) is 2.58. The summed E-state index contributed by atoms with van der Waals surface area (Å²) in [6.07, 6.45) is 1.61. The van der Waals surface area contributed by atoms with Crippen LogP contribution >= 0.6 is 0 Å². The zero-order valence-corrected chi connectivity index (χ0v) is 11.1. The third kappa shape index (κ3) is 3.03. The number of rotatable bonds is 4. The van der Waals surface area contributed by atoms with Gasteiger partial charge < -0.3 is 0 Å². The van der Waals surface area contributed by atoms with Gasteiger partial charge in [-0.05, 0) is 29.8 Å². The largest absolute Gasteiger partial charge is 0.280 e. The van der Waals surface area contributed by atoms with Gasteiger partial charge in [0.2, 0.25) is 0 Å². The normalized spacial score (nSPS) is 11.1. The minimum atomic E-state index is -4.10. The van der Waals surface area contributed by atoms with Crippen molar-refractivity contribution in [2.45, 2.75) is 4.90 Å². The number of nitrogens with one attached hydrogen (secondary N) is 1. The molecular weight excluding hydrogens is 284 g/mol. The number of hydrogen-bond acceptors (Lipinski definition) is 2. The predicted molar refractivity (Wildman–Crippen MR) is 73.7 cm³/mol. The molecule has 0 atom stereocenters. The van der Waals surface area contributed by atoms with Crippen LogP contribution in [0.4, 0.5) is 14.5 Å². The minimum absolute atomic E-state index is 0.277. The van der Waals surface area contributed by atoms with E-state index in [4.69, 9.17) is 0 Å². The second-order valence-electron chi connectivity index (χ2n) is 4.01. The molecule has 0 saturated heterocycles. The fourth-order valence-corrected chi connectivity index (χ4v) is 2.71. The van der Waals surface area contributed by atoms with Crippen LogP contribution < -0.4 is 4.72 Å². The summed E-state index contributed by atoms with van der Waals surface area (Å²) in [6, 6.07) is 8.66. The molecule has 0 unspecified atom stereocenters. The number of halogens is 2. The fourth-order valence-electron chi connectivity index (χ4n) is 1.59. The number of benzene rings is 2. The predicted octanol–water partition coefficient (Wildman–Crippen LogP) is 3.41. The highest BCUT2D eigenvalue weighted by Gasteiger charge is 2.19. The summed E-state index contributed by atoms with van der Waals surface area (Å²) in [5.41, 5.74) is 1.10. The van der Waals surface area contributed by atoms with E-state index in [1.165, 1.54) is 12.1 Å². The van der Waals surface area contributed by atoms with Gasteiger partial charge in [0.05, 0.1) is 0 Å². The molecule has 0 amide bonds. The lowest BCUT2D eigenvalue weighted by atomic mass is 10.2. The van der Waals surface area contributed by atoms with Crippen LogP contribution in [0.15, 0.2) is 53.9 Å². The lowest BCUT2D eigenvalue weighted by Gasteiger charge is -2.09. The van der Waals surface area contributed by atoms with Crippen LogP contribution in [0.2, 0.25) is 0 Å². The molecule has 0 fully saturated rings. The molecule has 1 N–H and O–H groups in total. The molecule has 2 aromatic rings. The van der Waals surface area contributed by atoms with Gasteiger partial charge in [0.15, 0.2) is 0 Å². The summed E-state index contributed by atoms with van der Waals surface area (Å²) < 4.78 is 52.5. The first kappa shape index (κ1) is 14.2. The lowest BCUT2D eigenvalue weighted by molar-refractivity contribution is 0.551. The zero-order valence-electron chi connectivity index (χ0n) is 10.3. The van der Waals surface area contributed by atoms with Crippen molar-refractivity contribution in [1.29, 1.82) is 0 Å². The summed E-state index contributed by atoms with van der Waals surface area (Å²) in [5, 5.41) is 0. The van der Waals surface area contributed by atoms with Crippen molar-refractivity contribution in [3.05, 3.63) is 66.2 Å². The van der Waals surface area contributed by atoms with Crippen molar-refractivity contribution in [3.63, 3.8) is 0 Å². The van der Waals surface area contributed by atoms with E-state index in [-0.39, 0.29) is 5.69 Å². The Morgan fingerprint density at radius 1 is 1.05 bits per heavy atom. The average molecular weight is 295 g/mol. The smallest absolute Gasteiger partial charge is 0.264 e. The maximum Gasteiger partial charge on any atom is 0.264 e. The van der Waals surface area contributed by atoms with Crippen LogP contribution in [0.1, 0.15) is 5.56 Å². The van der Waals surface area contributed by atoms with Crippen LogP contribution in [0.25, 0.3) is 6.08 Å². The summed E-state index contributed by atoms with van der Waals surface area (Å²) in [6.45, 7) is 3.58. The van der Waals surface area contributed by atoms with Gasteiger partial charge in [-0.3, -0.25) is 4.72 Å². The highest BCUT2D eigenvalue weighted by molar-refractivity contribution is 7.92. The third-order valence-corrected chi connectivity index (χ3v) is 4.00. The molecule has 6 heteroatoms. The van der Waals surface area contributed by atoms with Crippen molar-refractivity contribution in [2.75, 3.05) is 4.72 Å². The van der Waals surface area contributed by atoms with Crippen LogP contribution in [0, 0.1) is 11.6 Å². The molecule has 3 nitrogen and oxygen atoms in total. The molecule has 20 heavy (non-hydrogen) atoms. The molecule has 0 saturated carbocycles. The molecule has 0 spiro atoms. The van der Waals surface area contributed by atoms with E-state index in [0.29, 0.717) is 6.07 Å². The minimum Gasteiger partial charge on any atom is -0.280 e. The van der Waals surface area contributed by atoms with E-state index in [1.807, 2.05) is 0 Å². The van der Waals surface area contributed by atoms with Gasteiger partial charge in [-0.25, -0.2) is 17.2 Å². The summed E-state index contributed by atoms with van der Waals surface area (Å²) >= 11 is 0. The Bertz CT molecular complexity index is 740. The number of sulfonamides is 1. The van der Waals surface area contributed by atoms with Gasteiger partial charge in [0.25, 0.3) is 10.0 Å². The molecule has 2 rings (SSSR count). The van der Waals surface area contributed by atoms with Crippen molar-refractivity contribution in [1.82, 2.24) is 0 Å². The van der Waals surface area contributed by atoms with Crippen LogP contribution in [-0.2, 0) is 10.0 Å². The van der Waals surface area contributed by atoms with Crippen LogP contribution in [-0.4, -0.2) is 8.42 Å². The maximum absolute atomic E-state index is 13.5. The van der Waals surface area contributed by atoms with E-state index >= 15 is 0 Å². The van der Waals surface area contributed by atoms with Crippen LogP contribution in [0.3, 0.4) is 0 Å². The molecule has 0 aliphatic heterocycles. The Hall–Kier alpha value is -2.21. The molecule has 0 radical (unpaired) electrons. The molecule has 0 aromatic heterocycles. The first-order chi connectivity index (χ1) is 9.42. The standard InChI is InChI=1S/C14H11F2NO2S/c1-2-10-3-6-12(7-4-10)17-20(18,19)14-8-5-11(15)9-13(14)16/h2-9,17H,1H2. The van der Waals surface area contributed by atoms with E-state index in [1.54, 1.807) is 18.2 Å². The topological polar surface area (TPSA) is 46.2 Å². The Labute approximate surface area is 115 Å². The van der Waals surface area contributed by atoms with Gasteiger partial charge in [-0.2, -0.15) is 0 Å². The summed E-state index contributed by atoms with van der Waals surface area (Å²) in [5.74, 6) is -1.98. The Balaban J connectivity index is 2.32. The van der Waals surface area contributed by atoms with Gasteiger partial charge in [0.1, 0.15) is 16.5 Å². The number of hydrogen-bond donors (Lipinski definition) is 1. The van der Waals surface area contributed by atoms with Gasteiger partial charge in [-0.15, -0.1) is 0 Å². The van der Waals surface area contributed by atoms with Gasteiger partial charge >= 0.3 is 0 Å². The molecule has 104 valence electrons. The molecule has 0 aliphatic carbocycles. The average Bonchev–Trinajstić information content (AvgIpc) is 2.38. The molecular formula is C14H11F2NO2S. The van der Waals surface area contributed by atoms with Gasteiger partial charge in [-0.1, -0.05) is 24.8 Å². The zero-order chi connectivity index (χ0) is 14.8. The Kier molecular flexibility index (Phi) is 3.85. The highest BCUT2D eigenvalue weighted by Crippen LogP contribution is 2.20. The van der Waals surface area contributed by atoms with E-state index in [0.717, 1.165) is 17.7 Å². The van der Waals surface area contributed by atoms with Crippen molar-refractivity contribution >= 4 is 21.8 Å². The first-order valence-corrected chi connectivity index (χ1v) is 7.11. The Morgan fingerprint density at radius 2 is 1.70 bits per heavy atom. The number of anilines is 1. The quantitative estimate of drug-likeness (QED) is 0.939. The summed E-state index contributed by atoms with van der Waals surface area (Å²) in [4.78, 5) is -0.605. The van der Waals surface area contributed by atoms with E-state index in [2.05, 4.69) is 11.3 Å². The monoisotopic (exact) mass is 295 g/mol. The second kappa shape index (κ2) is 5.42. The maximum atomic E-state index is 13.5. The molecule has 2 aromatic carbocycles. The molecule has 0 aliphatic rings. The first-order valence-electron chi connectivity index (χ1n) is 5.63. The molecule has 0 bridgehead atoms. The van der Waals surface area contributed by atoms with Crippen molar-refractivity contribution < 1.29 is 17.2 Å². The fraction of sp³-hybridized carbons (Fsp3) is 0. The summed E-state index contributed by atoms with van der Waals surface area (Å²) in [7, 11) is -4.10. The highest BCUT2D eigenvalue weighted by atomic mass is 32.2. The van der Waals surface area contributed by atoms with Crippen molar-refractivity contribution in [2.24, 2.45) is 0 Å². The van der Waals surface area contributed by atoms with E-state index in [9.17, 15) is 17.2 Å². The van der Waals surface area contributed by atoms with E-state index < -0.39 is 26.6 Å².